The van der Waals surface area contributed by atoms with Crippen LogP contribution in [0.25, 0.3) is 22.0 Å². The molecule has 1 aromatic heterocycles. The Kier molecular flexibility index (Phi) is 5.22. The maximum Gasteiger partial charge on any atom is 0.294 e. The summed E-state index contributed by atoms with van der Waals surface area (Å²) in [5.74, 6) is -0.306. The summed E-state index contributed by atoms with van der Waals surface area (Å²) >= 11 is 0. The van der Waals surface area contributed by atoms with Crippen molar-refractivity contribution in [1.82, 2.24) is 4.98 Å². The Morgan fingerprint density at radius 2 is 1.77 bits per heavy atom. The zero-order valence-electron chi connectivity index (χ0n) is 16.3. The molecule has 3 aromatic carbocycles. The van der Waals surface area contributed by atoms with Gasteiger partial charge in [0.1, 0.15) is 11.5 Å². The summed E-state index contributed by atoms with van der Waals surface area (Å²) in [6.07, 6.45) is 1.53. The van der Waals surface area contributed by atoms with Gasteiger partial charge in [-0.25, -0.2) is 4.39 Å². The van der Waals surface area contributed by atoms with E-state index in [-0.39, 0.29) is 10.7 Å². The van der Waals surface area contributed by atoms with Crippen LogP contribution in [0, 0.1) is 12.7 Å². The van der Waals surface area contributed by atoms with Gasteiger partial charge in [-0.3, -0.25) is 9.54 Å². The van der Waals surface area contributed by atoms with E-state index in [9.17, 15) is 17.4 Å². The van der Waals surface area contributed by atoms with E-state index in [0.717, 1.165) is 11.1 Å². The van der Waals surface area contributed by atoms with Gasteiger partial charge in [-0.2, -0.15) is 8.42 Å². The van der Waals surface area contributed by atoms with Gasteiger partial charge in [0.05, 0.1) is 22.5 Å². The van der Waals surface area contributed by atoms with Gasteiger partial charge in [0.25, 0.3) is 10.1 Å². The van der Waals surface area contributed by atoms with E-state index in [2.05, 4.69) is 15.2 Å². The highest BCUT2D eigenvalue weighted by Gasteiger charge is 2.13. The first-order chi connectivity index (χ1) is 14.7. The lowest BCUT2D eigenvalue weighted by molar-refractivity contribution is 0.483. The fourth-order valence-corrected chi connectivity index (χ4v) is 3.72. The number of aromatic nitrogens is 1. The maximum atomic E-state index is 13.3. The molecule has 0 unspecified atom stereocenters. The fourth-order valence-electron chi connectivity index (χ4n) is 3.21. The zero-order chi connectivity index (χ0) is 22.2. The number of nitrogens with zero attached hydrogens (tertiary/aromatic N) is 3. The predicted octanol–water partition coefficient (Wildman–Crippen LogP) is 5.59. The number of azo groups is 1. The van der Waals surface area contributed by atoms with Gasteiger partial charge >= 0.3 is 0 Å². The number of aryl methyl sites for hydroxylation is 1. The summed E-state index contributed by atoms with van der Waals surface area (Å²) in [5.41, 5.74) is 9.52. The van der Waals surface area contributed by atoms with Crippen molar-refractivity contribution in [3.63, 3.8) is 0 Å². The molecule has 0 fully saturated rings. The number of nitrogens with two attached hydrogens (primary N) is 1. The van der Waals surface area contributed by atoms with Crippen LogP contribution in [-0.2, 0) is 10.1 Å². The van der Waals surface area contributed by atoms with E-state index < -0.39 is 10.1 Å². The van der Waals surface area contributed by atoms with Crippen LogP contribution in [0.4, 0.5) is 21.5 Å². The molecule has 156 valence electrons. The van der Waals surface area contributed by atoms with Crippen LogP contribution in [-0.4, -0.2) is 18.0 Å². The Bertz CT molecular complexity index is 1440. The molecule has 0 amide bonds. The molecule has 0 bridgehead atoms. The van der Waals surface area contributed by atoms with E-state index in [1.54, 1.807) is 37.3 Å². The number of rotatable bonds is 4. The van der Waals surface area contributed by atoms with Crippen LogP contribution in [0.3, 0.4) is 0 Å². The summed E-state index contributed by atoms with van der Waals surface area (Å²) in [6, 6.07) is 15.3. The van der Waals surface area contributed by atoms with Crippen molar-refractivity contribution in [2.75, 3.05) is 5.73 Å². The van der Waals surface area contributed by atoms with Crippen molar-refractivity contribution in [3.05, 3.63) is 78.2 Å². The molecular formula is C22H17FN4O3S. The van der Waals surface area contributed by atoms with Crippen LogP contribution < -0.4 is 5.73 Å². The average molecular weight is 436 g/mol. The quantitative estimate of drug-likeness (QED) is 0.245. The molecule has 0 spiro atoms. The Hall–Kier alpha value is -3.69. The molecule has 31 heavy (non-hydrogen) atoms. The molecule has 9 heteroatoms. The Morgan fingerprint density at radius 3 is 2.45 bits per heavy atom. The van der Waals surface area contributed by atoms with E-state index in [1.807, 2.05) is 0 Å². The van der Waals surface area contributed by atoms with E-state index in [4.69, 9.17) is 5.73 Å². The summed E-state index contributed by atoms with van der Waals surface area (Å²) < 4.78 is 45.6. The predicted molar refractivity (Wildman–Crippen MR) is 117 cm³/mol. The molecule has 7 nitrogen and oxygen atoms in total. The number of nitrogen functional groups attached to an aromatic ring is 1. The molecule has 0 aliphatic carbocycles. The van der Waals surface area contributed by atoms with Crippen molar-refractivity contribution < 1.29 is 17.4 Å². The van der Waals surface area contributed by atoms with E-state index in [0.29, 0.717) is 33.5 Å². The molecule has 0 aliphatic rings. The van der Waals surface area contributed by atoms with Gasteiger partial charge in [0, 0.05) is 22.0 Å². The summed E-state index contributed by atoms with van der Waals surface area (Å²) in [6.45, 7) is 1.81. The summed E-state index contributed by atoms with van der Waals surface area (Å²) in [5, 5.41) is 9.40. The number of halogens is 1. The lowest BCUT2D eigenvalue weighted by Gasteiger charge is -2.07. The second kappa shape index (κ2) is 7.86. The molecule has 1 heterocycles. The van der Waals surface area contributed by atoms with Crippen LogP contribution in [0.2, 0.25) is 0 Å². The van der Waals surface area contributed by atoms with Gasteiger partial charge in [0.15, 0.2) is 0 Å². The molecule has 0 saturated heterocycles. The Morgan fingerprint density at radius 1 is 0.968 bits per heavy atom. The molecule has 0 saturated carbocycles. The number of benzene rings is 3. The van der Waals surface area contributed by atoms with Gasteiger partial charge in [-0.05, 0) is 67.1 Å². The maximum absolute atomic E-state index is 13.3. The minimum Gasteiger partial charge on any atom is -0.398 e. The Balaban J connectivity index is 1.69. The first-order valence-corrected chi connectivity index (χ1v) is 10.6. The third kappa shape index (κ3) is 4.27. The molecule has 0 aliphatic heterocycles. The van der Waals surface area contributed by atoms with Crippen LogP contribution >= 0.6 is 0 Å². The number of fused-ring (bicyclic) bond motifs is 1. The third-order valence-electron chi connectivity index (χ3n) is 4.78. The van der Waals surface area contributed by atoms with E-state index in [1.165, 1.54) is 36.5 Å². The van der Waals surface area contributed by atoms with Crippen LogP contribution in [0.15, 0.2) is 82.0 Å². The largest absolute Gasteiger partial charge is 0.398 e. The lowest BCUT2D eigenvalue weighted by atomic mass is 10.1. The summed E-state index contributed by atoms with van der Waals surface area (Å²) in [4.78, 5) is 4.10. The highest BCUT2D eigenvalue weighted by atomic mass is 32.2. The zero-order valence-corrected chi connectivity index (χ0v) is 17.1. The minimum absolute atomic E-state index is 0.261. The van der Waals surface area contributed by atoms with Gasteiger partial charge in [-0.15, -0.1) is 10.2 Å². The SMILES string of the molecule is Cc1cc(F)ccc1-c1ccc(N=Nc2ccc(N)c3ccc(S(=O)(=O)O)cc23)cn1. The highest BCUT2D eigenvalue weighted by molar-refractivity contribution is 7.85. The van der Waals surface area contributed by atoms with Gasteiger partial charge < -0.3 is 5.73 Å². The molecule has 4 aromatic rings. The highest BCUT2D eigenvalue weighted by Crippen LogP contribution is 2.33. The van der Waals surface area contributed by atoms with Crippen molar-refractivity contribution in [2.24, 2.45) is 10.2 Å². The van der Waals surface area contributed by atoms with Gasteiger partial charge in [0.2, 0.25) is 0 Å². The number of hydrogen-bond acceptors (Lipinski definition) is 6. The first-order valence-electron chi connectivity index (χ1n) is 9.16. The van der Waals surface area contributed by atoms with Crippen LogP contribution in [0.5, 0.6) is 0 Å². The smallest absolute Gasteiger partial charge is 0.294 e. The Labute approximate surface area is 177 Å². The topological polar surface area (TPSA) is 118 Å². The number of hydrogen-bond donors (Lipinski definition) is 2. The molecular weight excluding hydrogens is 419 g/mol. The normalized spacial score (nSPS) is 12.0. The third-order valence-corrected chi connectivity index (χ3v) is 5.63. The lowest BCUT2D eigenvalue weighted by Crippen LogP contribution is -1.98. The fraction of sp³-hybridized carbons (Fsp3) is 0.0455. The standard InChI is InChI=1S/C22H17FN4O3S/c1-13-10-14(23)2-5-17(13)21-8-3-15(12-25-21)26-27-22-9-7-20(24)18-6-4-16(11-19(18)22)31(28,29)30/h2-12H,24H2,1H3,(H,28,29,30). The minimum atomic E-state index is -4.37. The van der Waals surface area contributed by atoms with Crippen molar-refractivity contribution in [2.45, 2.75) is 11.8 Å². The molecule has 4 rings (SSSR count). The number of pyridine rings is 1. The molecule has 0 radical (unpaired) electrons. The van der Waals surface area contributed by atoms with Crippen molar-refractivity contribution in [3.8, 4) is 11.3 Å². The second-order valence-corrected chi connectivity index (χ2v) is 8.34. The van der Waals surface area contributed by atoms with Crippen molar-refractivity contribution >= 4 is 38.0 Å². The average Bonchev–Trinajstić information content (AvgIpc) is 2.73. The van der Waals surface area contributed by atoms with Crippen LogP contribution in [0.1, 0.15) is 5.56 Å². The van der Waals surface area contributed by atoms with E-state index >= 15 is 0 Å². The van der Waals surface area contributed by atoms with Crippen molar-refractivity contribution in [1.29, 1.82) is 0 Å². The van der Waals surface area contributed by atoms with Gasteiger partial charge in [-0.1, -0.05) is 6.07 Å². The summed E-state index contributed by atoms with van der Waals surface area (Å²) in [7, 11) is -4.37. The number of anilines is 1. The monoisotopic (exact) mass is 436 g/mol. The second-order valence-electron chi connectivity index (χ2n) is 6.92. The molecule has 3 N–H and O–H groups in total. The molecule has 0 atom stereocenters. The first kappa shape index (κ1) is 20.6.